The zero-order valence-corrected chi connectivity index (χ0v) is 13.8. The number of hydrogen-bond donors (Lipinski definition) is 0. The Bertz CT molecular complexity index is 690. The molecule has 0 spiro atoms. The standard InChI is InChI=1S/C19H24N4/c1-2-16-10-6-7-11-18(16)23-19(17(14-20)21-22-23)13-12-15-8-4-3-5-9-15/h6-7,10-11,15H,2-5,8-9,12-13H2,1H3. The molecule has 1 saturated carbocycles. The van der Waals surface area contributed by atoms with Crippen molar-refractivity contribution in [2.24, 2.45) is 5.92 Å². The summed E-state index contributed by atoms with van der Waals surface area (Å²) in [6.45, 7) is 2.14. The van der Waals surface area contributed by atoms with E-state index >= 15 is 0 Å². The molecule has 1 aromatic heterocycles. The molecule has 1 fully saturated rings. The van der Waals surface area contributed by atoms with E-state index in [9.17, 15) is 5.26 Å². The van der Waals surface area contributed by atoms with Crippen LogP contribution in [0.4, 0.5) is 0 Å². The number of rotatable bonds is 5. The Morgan fingerprint density at radius 2 is 2.00 bits per heavy atom. The summed E-state index contributed by atoms with van der Waals surface area (Å²) < 4.78 is 1.89. The highest BCUT2D eigenvalue weighted by Gasteiger charge is 2.19. The summed E-state index contributed by atoms with van der Waals surface area (Å²) in [5.74, 6) is 0.792. The van der Waals surface area contributed by atoms with E-state index in [0.29, 0.717) is 5.69 Å². The van der Waals surface area contributed by atoms with E-state index in [4.69, 9.17) is 0 Å². The van der Waals surface area contributed by atoms with Crippen LogP contribution in [-0.4, -0.2) is 15.0 Å². The molecular formula is C19H24N4. The molecule has 0 aliphatic heterocycles. The number of hydrogen-bond acceptors (Lipinski definition) is 3. The van der Waals surface area contributed by atoms with Gasteiger partial charge in [0.05, 0.1) is 11.4 Å². The molecule has 4 nitrogen and oxygen atoms in total. The highest BCUT2D eigenvalue weighted by Crippen LogP contribution is 2.28. The lowest BCUT2D eigenvalue weighted by atomic mass is 9.85. The first-order valence-corrected chi connectivity index (χ1v) is 8.76. The maximum Gasteiger partial charge on any atom is 0.186 e. The first kappa shape index (κ1) is 15.7. The number of aromatic nitrogens is 3. The van der Waals surface area contributed by atoms with E-state index in [1.54, 1.807) is 0 Å². The second kappa shape index (κ2) is 7.41. The Morgan fingerprint density at radius 1 is 1.22 bits per heavy atom. The van der Waals surface area contributed by atoms with Gasteiger partial charge in [-0.2, -0.15) is 5.26 Å². The fourth-order valence-electron chi connectivity index (χ4n) is 3.64. The lowest BCUT2D eigenvalue weighted by Crippen LogP contribution is -2.11. The van der Waals surface area contributed by atoms with E-state index in [2.05, 4.69) is 35.4 Å². The maximum absolute atomic E-state index is 9.38. The van der Waals surface area contributed by atoms with Gasteiger partial charge in [0.25, 0.3) is 0 Å². The molecule has 120 valence electrons. The summed E-state index contributed by atoms with van der Waals surface area (Å²) in [4.78, 5) is 0. The van der Waals surface area contributed by atoms with Gasteiger partial charge in [0.2, 0.25) is 0 Å². The van der Waals surface area contributed by atoms with Gasteiger partial charge in [0.1, 0.15) is 6.07 Å². The van der Waals surface area contributed by atoms with Crippen LogP contribution in [0.25, 0.3) is 5.69 Å². The van der Waals surface area contributed by atoms with Gasteiger partial charge >= 0.3 is 0 Å². The Morgan fingerprint density at radius 3 is 2.74 bits per heavy atom. The monoisotopic (exact) mass is 308 g/mol. The summed E-state index contributed by atoms with van der Waals surface area (Å²) in [5.41, 5.74) is 3.74. The highest BCUT2D eigenvalue weighted by atomic mass is 15.4. The molecule has 23 heavy (non-hydrogen) atoms. The van der Waals surface area contributed by atoms with Gasteiger partial charge in [0, 0.05) is 0 Å². The topological polar surface area (TPSA) is 54.5 Å². The molecule has 1 heterocycles. The van der Waals surface area contributed by atoms with Crippen LogP contribution in [0.3, 0.4) is 0 Å². The Kier molecular flexibility index (Phi) is 5.07. The van der Waals surface area contributed by atoms with E-state index < -0.39 is 0 Å². The second-order valence-corrected chi connectivity index (χ2v) is 6.43. The zero-order chi connectivity index (χ0) is 16.1. The van der Waals surface area contributed by atoms with Gasteiger partial charge in [-0.3, -0.25) is 0 Å². The normalized spacial score (nSPS) is 15.5. The molecule has 0 saturated heterocycles. The van der Waals surface area contributed by atoms with Crippen LogP contribution in [-0.2, 0) is 12.8 Å². The predicted molar refractivity (Wildman–Crippen MR) is 90.3 cm³/mol. The number of benzene rings is 1. The molecule has 0 amide bonds. The third kappa shape index (κ3) is 3.44. The Labute approximate surface area is 138 Å². The van der Waals surface area contributed by atoms with Gasteiger partial charge in [-0.25, -0.2) is 4.68 Å². The van der Waals surface area contributed by atoms with Crippen molar-refractivity contribution in [3.05, 3.63) is 41.2 Å². The van der Waals surface area contributed by atoms with Crippen LogP contribution >= 0.6 is 0 Å². The largest absolute Gasteiger partial charge is 0.216 e. The summed E-state index contributed by atoms with van der Waals surface area (Å²) in [7, 11) is 0. The molecule has 0 bridgehead atoms. The van der Waals surface area contributed by atoms with Gasteiger partial charge in [-0.1, -0.05) is 62.4 Å². The van der Waals surface area contributed by atoms with Gasteiger partial charge < -0.3 is 0 Å². The average molecular weight is 308 g/mol. The molecule has 3 rings (SSSR count). The fraction of sp³-hybridized carbons (Fsp3) is 0.526. The number of nitriles is 1. The molecule has 2 aromatic rings. The number of nitrogens with zero attached hydrogens (tertiary/aromatic N) is 4. The minimum absolute atomic E-state index is 0.478. The van der Waals surface area contributed by atoms with Crippen LogP contribution < -0.4 is 0 Å². The van der Waals surface area contributed by atoms with Crippen LogP contribution in [0, 0.1) is 17.2 Å². The first-order chi connectivity index (χ1) is 11.3. The summed E-state index contributed by atoms with van der Waals surface area (Å²) in [6.07, 6.45) is 9.71. The average Bonchev–Trinajstić information content (AvgIpc) is 3.03. The summed E-state index contributed by atoms with van der Waals surface area (Å²) >= 11 is 0. The highest BCUT2D eigenvalue weighted by molar-refractivity contribution is 5.43. The minimum atomic E-state index is 0.478. The molecule has 1 aromatic carbocycles. The molecule has 0 atom stereocenters. The third-order valence-corrected chi connectivity index (χ3v) is 4.98. The van der Waals surface area contributed by atoms with Crippen LogP contribution in [0.1, 0.15) is 62.4 Å². The quantitative estimate of drug-likeness (QED) is 0.831. The van der Waals surface area contributed by atoms with E-state index in [0.717, 1.165) is 36.6 Å². The fourth-order valence-corrected chi connectivity index (χ4v) is 3.64. The van der Waals surface area contributed by atoms with Crippen molar-refractivity contribution < 1.29 is 0 Å². The third-order valence-electron chi connectivity index (χ3n) is 4.98. The number of para-hydroxylation sites is 1. The first-order valence-electron chi connectivity index (χ1n) is 8.76. The predicted octanol–water partition coefficient (Wildman–Crippen LogP) is 4.21. The van der Waals surface area contributed by atoms with Crippen molar-refractivity contribution in [1.29, 1.82) is 5.26 Å². The summed E-state index contributed by atoms with van der Waals surface area (Å²) in [6, 6.07) is 10.5. The molecule has 0 radical (unpaired) electrons. The molecule has 1 aliphatic rings. The van der Waals surface area contributed by atoms with Gasteiger partial charge in [-0.15, -0.1) is 5.10 Å². The van der Waals surface area contributed by atoms with Gasteiger partial charge in [0.15, 0.2) is 5.69 Å². The molecule has 4 heteroatoms. The van der Waals surface area contributed by atoms with Crippen LogP contribution in [0.5, 0.6) is 0 Å². The van der Waals surface area contributed by atoms with Crippen molar-refractivity contribution in [1.82, 2.24) is 15.0 Å². The summed E-state index contributed by atoms with van der Waals surface area (Å²) in [5, 5.41) is 17.8. The molecule has 0 unspecified atom stereocenters. The Hall–Kier alpha value is -2.15. The van der Waals surface area contributed by atoms with Gasteiger partial charge in [-0.05, 0) is 36.8 Å². The number of aryl methyl sites for hydroxylation is 1. The lowest BCUT2D eigenvalue weighted by Gasteiger charge is -2.21. The SMILES string of the molecule is CCc1ccccc1-n1nnc(C#N)c1CCC1CCCCC1. The molecule has 0 N–H and O–H groups in total. The zero-order valence-electron chi connectivity index (χ0n) is 13.8. The van der Waals surface area contributed by atoms with Crippen LogP contribution in [0.15, 0.2) is 24.3 Å². The Balaban J connectivity index is 1.86. The molecular weight excluding hydrogens is 284 g/mol. The van der Waals surface area contributed by atoms with E-state index in [1.165, 1.54) is 37.7 Å². The van der Waals surface area contributed by atoms with E-state index in [-0.39, 0.29) is 0 Å². The van der Waals surface area contributed by atoms with Crippen molar-refractivity contribution in [2.45, 2.75) is 58.3 Å². The maximum atomic E-state index is 9.38. The lowest BCUT2D eigenvalue weighted by molar-refractivity contribution is 0.337. The van der Waals surface area contributed by atoms with Crippen molar-refractivity contribution in [3.63, 3.8) is 0 Å². The van der Waals surface area contributed by atoms with Crippen molar-refractivity contribution in [3.8, 4) is 11.8 Å². The minimum Gasteiger partial charge on any atom is -0.216 e. The van der Waals surface area contributed by atoms with Crippen molar-refractivity contribution in [2.75, 3.05) is 0 Å². The van der Waals surface area contributed by atoms with Crippen molar-refractivity contribution >= 4 is 0 Å². The molecule has 1 aliphatic carbocycles. The smallest absolute Gasteiger partial charge is 0.186 e. The second-order valence-electron chi connectivity index (χ2n) is 6.43. The van der Waals surface area contributed by atoms with Crippen LogP contribution in [0.2, 0.25) is 0 Å². The van der Waals surface area contributed by atoms with E-state index in [1.807, 2.05) is 16.8 Å².